The summed E-state index contributed by atoms with van der Waals surface area (Å²) in [5, 5.41) is 4.56. The van der Waals surface area contributed by atoms with Crippen LogP contribution in [-0.2, 0) is 6.54 Å². The lowest BCUT2D eigenvalue weighted by Crippen LogP contribution is -2.43. The standard InChI is InChI=1S/C12H23N5/c1-10(2)17-12(13)8-11(14-17)9-16-6-4-15(3)5-7-16/h8,10H,4-7,9,13H2,1-3H3. The molecule has 0 amide bonds. The SMILES string of the molecule is CC(C)n1nc(CN2CCN(C)CC2)cc1N. The number of nitrogens with two attached hydrogens (primary N) is 1. The van der Waals surface area contributed by atoms with Crippen LogP contribution in [0.1, 0.15) is 25.6 Å². The highest BCUT2D eigenvalue weighted by molar-refractivity contribution is 5.31. The lowest BCUT2D eigenvalue weighted by Gasteiger charge is -2.31. The van der Waals surface area contributed by atoms with Gasteiger partial charge in [-0.25, -0.2) is 4.68 Å². The molecule has 1 saturated heterocycles. The second-order valence-corrected chi connectivity index (χ2v) is 5.18. The van der Waals surface area contributed by atoms with Gasteiger partial charge in [-0.2, -0.15) is 5.10 Å². The molecule has 0 atom stereocenters. The molecule has 96 valence electrons. The van der Waals surface area contributed by atoms with E-state index in [1.54, 1.807) is 0 Å². The third-order valence-corrected chi connectivity index (χ3v) is 3.29. The summed E-state index contributed by atoms with van der Waals surface area (Å²) in [5.41, 5.74) is 7.03. The van der Waals surface area contributed by atoms with Gasteiger partial charge in [-0.3, -0.25) is 4.90 Å². The highest BCUT2D eigenvalue weighted by Gasteiger charge is 2.16. The van der Waals surface area contributed by atoms with E-state index in [9.17, 15) is 0 Å². The Morgan fingerprint density at radius 1 is 1.29 bits per heavy atom. The van der Waals surface area contributed by atoms with Crippen LogP contribution in [0.5, 0.6) is 0 Å². The van der Waals surface area contributed by atoms with Crippen molar-refractivity contribution in [1.29, 1.82) is 0 Å². The van der Waals surface area contributed by atoms with E-state index in [1.165, 1.54) is 0 Å². The van der Waals surface area contributed by atoms with Crippen molar-refractivity contribution in [2.45, 2.75) is 26.4 Å². The predicted octanol–water partition coefficient (Wildman–Crippen LogP) is 0.794. The van der Waals surface area contributed by atoms with Gasteiger partial charge in [-0.1, -0.05) is 0 Å². The molecule has 0 bridgehead atoms. The molecule has 1 aliphatic heterocycles. The maximum atomic E-state index is 5.94. The van der Waals surface area contributed by atoms with E-state index in [0.29, 0.717) is 6.04 Å². The van der Waals surface area contributed by atoms with E-state index in [2.05, 4.69) is 35.8 Å². The number of piperazine rings is 1. The van der Waals surface area contributed by atoms with Crippen molar-refractivity contribution >= 4 is 5.82 Å². The van der Waals surface area contributed by atoms with Crippen LogP contribution in [0, 0.1) is 0 Å². The second-order valence-electron chi connectivity index (χ2n) is 5.18. The first-order valence-corrected chi connectivity index (χ1v) is 6.31. The Balaban J connectivity index is 1.97. The van der Waals surface area contributed by atoms with Gasteiger partial charge in [0.2, 0.25) is 0 Å². The number of anilines is 1. The Morgan fingerprint density at radius 2 is 1.94 bits per heavy atom. The van der Waals surface area contributed by atoms with Gasteiger partial charge in [0.1, 0.15) is 5.82 Å². The van der Waals surface area contributed by atoms with E-state index in [0.717, 1.165) is 44.2 Å². The van der Waals surface area contributed by atoms with Crippen LogP contribution < -0.4 is 5.73 Å². The molecule has 5 nitrogen and oxygen atoms in total. The zero-order chi connectivity index (χ0) is 12.4. The van der Waals surface area contributed by atoms with Crippen molar-refractivity contribution in [2.75, 3.05) is 39.0 Å². The van der Waals surface area contributed by atoms with Crippen LogP contribution >= 0.6 is 0 Å². The summed E-state index contributed by atoms with van der Waals surface area (Å²) in [6.07, 6.45) is 0. The topological polar surface area (TPSA) is 50.3 Å². The molecule has 1 aliphatic rings. The Kier molecular flexibility index (Phi) is 3.69. The third kappa shape index (κ3) is 2.98. The molecule has 5 heteroatoms. The molecule has 0 unspecified atom stereocenters. The molecular weight excluding hydrogens is 214 g/mol. The van der Waals surface area contributed by atoms with Gasteiger partial charge in [-0.15, -0.1) is 0 Å². The Morgan fingerprint density at radius 3 is 2.47 bits per heavy atom. The maximum absolute atomic E-state index is 5.94. The van der Waals surface area contributed by atoms with E-state index in [1.807, 2.05) is 10.7 Å². The Labute approximate surface area is 103 Å². The number of rotatable bonds is 3. The molecule has 0 radical (unpaired) electrons. The normalized spacial score (nSPS) is 19.1. The average molecular weight is 237 g/mol. The fourth-order valence-corrected chi connectivity index (χ4v) is 2.19. The van der Waals surface area contributed by atoms with Gasteiger partial charge in [0, 0.05) is 44.8 Å². The first-order chi connectivity index (χ1) is 8.06. The molecule has 1 aromatic heterocycles. The minimum atomic E-state index is 0.330. The number of hydrogen-bond acceptors (Lipinski definition) is 4. The molecule has 0 aromatic carbocycles. The summed E-state index contributed by atoms with van der Waals surface area (Å²) in [7, 11) is 2.17. The van der Waals surface area contributed by atoms with E-state index < -0.39 is 0 Å². The van der Waals surface area contributed by atoms with Crippen LogP contribution in [0.3, 0.4) is 0 Å². The molecule has 1 aromatic rings. The lowest BCUT2D eigenvalue weighted by molar-refractivity contribution is 0.146. The average Bonchev–Trinajstić information content (AvgIpc) is 2.63. The fourth-order valence-electron chi connectivity index (χ4n) is 2.19. The number of hydrogen-bond donors (Lipinski definition) is 1. The number of nitrogens with zero attached hydrogens (tertiary/aromatic N) is 4. The Hall–Kier alpha value is -1.07. The summed E-state index contributed by atoms with van der Waals surface area (Å²) in [6.45, 7) is 9.63. The molecule has 0 spiro atoms. The molecule has 0 saturated carbocycles. The number of likely N-dealkylation sites (N-methyl/N-ethyl adjacent to an activating group) is 1. The summed E-state index contributed by atoms with van der Waals surface area (Å²) < 4.78 is 1.89. The minimum absolute atomic E-state index is 0.330. The molecule has 1 fully saturated rings. The van der Waals surface area contributed by atoms with Crippen LogP contribution in [0.25, 0.3) is 0 Å². The molecule has 2 N–H and O–H groups in total. The second kappa shape index (κ2) is 5.06. The molecule has 2 heterocycles. The largest absolute Gasteiger partial charge is 0.384 e. The van der Waals surface area contributed by atoms with Crippen LogP contribution in [0.4, 0.5) is 5.82 Å². The van der Waals surface area contributed by atoms with Crippen molar-refractivity contribution < 1.29 is 0 Å². The summed E-state index contributed by atoms with van der Waals surface area (Å²) in [5.74, 6) is 0.768. The van der Waals surface area contributed by atoms with Crippen LogP contribution in [0.2, 0.25) is 0 Å². The Bertz CT molecular complexity index is 363. The number of aromatic nitrogens is 2. The molecule has 0 aliphatic carbocycles. The van der Waals surface area contributed by atoms with Gasteiger partial charge in [0.15, 0.2) is 0 Å². The zero-order valence-electron chi connectivity index (χ0n) is 11.1. The maximum Gasteiger partial charge on any atom is 0.122 e. The quantitative estimate of drug-likeness (QED) is 0.844. The summed E-state index contributed by atoms with van der Waals surface area (Å²) >= 11 is 0. The summed E-state index contributed by atoms with van der Waals surface area (Å²) in [6, 6.07) is 2.33. The van der Waals surface area contributed by atoms with E-state index >= 15 is 0 Å². The summed E-state index contributed by atoms with van der Waals surface area (Å²) in [4.78, 5) is 4.80. The van der Waals surface area contributed by atoms with Gasteiger partial charge >= 0.3 is 0 Å². The highest BCUT2D eigenvalue weighted by Crippen LogP contribution is 2.14. The van der Waals surface area contributed by atoms with Crippen LogP contribution in [0.15, 0.2) is 6.07 Å². The molecule has 17 heavy (non-hydrogen) atoms. The van der Waals surface area contributed by atoms with Gasteiger partial charge in [-0.05, 0) is 20.9 Å². The van der Waals surface area contributed by atoms with Crippen molar-refractivity contribution in [3.8, 4) is 0 Å². The van der Waals surface area contributed by atoms with Crippen molar-refractivity contribution in [3.63, 3.8) is 0 Å². The molecular formula is C12H23N5. The monoisotopic (exact) mass is 237 g/mol. The third-order valence-electron chi connectivity index (χ3n) is 3.29. The molecule has 2 rings (SSSR count). The van der Waals surface area contributed by atoms with Crippen molar-refractivity contribution in [2.24, 2.45) is 0 Å². The van der Waals surface area contributed by atoms with Gasteiger partial charge in [0.25, 0.3) is 0 Å². The van der Waals surface area contributed by atoms with E-state index in [4.69, 9.17) is 5.73 Å². The predicted molar refractivity (Wildman–Crippen MR) is 69.8 cm³/mol. The first kappa shape index (κ1) is 12.4. The smallest absolute Gasteiger partial charge is 0.122 e. The first-order valence-electron chi connectivity index (χ1n) is 6.31. The van der Waals surface area contributed by atoms with Gasteiger partial charge < -0.3 is 10.6 Å². The lowest BCUT2D eigenvalue weighted by atomic mass is 10.3. The minimum Gasteiger partial charge on any atom is -0.384 e. The van der Waals surface area contributed by atoms with E-state index in [-0.39, 0.29) is 0 Å². The van der Waals surface area contributed by atoms with Crippen molar-refractivity contribution in [3.05, 3.63) is 11.8 Å². The van der Waals surface area contributed by atoms with Gasteiger partial charge in [0.05, 0.1) is 5.69 Å². The fraction of sp³-hybridized carbons (Fsp3) is 0.750. The van der Waals surface area contributed by atoms with Crippen molar-refractivity contribution in [1.82, 2.24) is 19.6 Å². The zero-order valence-corrected chi connectivity index (χ0v) is 11.1. The highest BCUT2D eigenvalue weighted by atomic mass is 15.3. The van der Waals surface area contributed by atoms with Crippen LogP contribution in [-0.4, -0.2) is 52.8 Å². The number of nitrogen functional groups attached to an aromatic ring is 1.